The van der Waals surface area contributed by atoms with Gasteiger partial charge in [-0.1, -0.05) is 17.7 Å². The number of amides is 1. The van der Waals surface area contributed by atoms with E-state index in [1.54, 1.807) is 13.1 Å². The Hall–Kier alpha value is -3.39. The van der Waals surface area contributed by atoms with Gasteiger partial charge in [-0.15, -0.1) is 0 Å². The number of aryl methyl sites for hydroxylation is 3. The molecule has 0 aliphatic carbocycles. The lowest BCUT2D eigenvalue weighted by molar-refractivity contribution is -0.384. The number of nitro benzene ring substituents is 1. The fraction of sp³-hybridized carbons (Fsp3) is 0.200. The number of anilines is 1. The molecule has 1 amide bonds. The Balaban J connectivity index is 1.82. The maximum absolute atomic E-state index is 12.3. The number of nitrogens with one attached hydrogen (secondary N) is 1. The van der Waals surface area contributed by atoms with Crippen LogP contribution in [-0.4, -0.2) is 20.6 Å². The number of ether oxygens (including phenoxy) is 1. The minimum atomic E-state index is -0.541. The summed E-state index contributed by atoms with van der Waals surface area (Å²) in [5.41, 5.74) is 2.68. The molecule has 3 aromatic rings. The highest BCUT2D eigenvalue weighted by atomic mass is 35.5. The molecule has 0 bridgehead atoms. The highest BCUT2D eigenvalue weighted by Crippen LogP contribution is 2.30. The lowest BCUT2D eigenvalue weighted by atomic mass is 10.1. The number of non-ortho nitro benzene ring substituents is 1. The third-order valence-corrected chi connectivity index (χ3v) is 4.38. The quantitative estimate of drug-likeness (QED) is 0.461. The van der Waals surface area contributed by atoms with E-state index in [-0.39, 0.29) is 23.7 Å². The molecular weight excluding hydrogens is 396 g/mol. The van der Waals surface area contributed by atoms with E-state index >= 15 is 0 Å². The van der Waals surface area contributed by atoms with Crippen LogP contribution in [0.25, 0.3) is 0 Å². The Morgan fingerprint density at radius 2 is 1.79 bits per heavy atom. The van der Waals surface area contributed by atoms with Crippen molar-refractivity contribution >= 4 is 28.9 Å². The molecule has 1 N–H and O–H groups in total. The van der Waals surface area contributed by atoms with Gasteiger partial charge in [-0.25, -0.2) is 0 Å². The van der Waals surface area contributed by atoms with Crippen molar-refractivity contribution in [1.29, 1.82) is 0 Å². The van der Waals surface area contributed by atoms with Crippen molar-refractivity contribution in [2.45, 2.75) is 27.3 Å². The number of nitro groups is 1. The van der Waals surface area contributed by atoms with Crippen molar-refractivity contribution in [1.82, 2.24) is 9.78 Å². The van der Waals surface area contributed by atoms with Gasteiger partial charge in [0.05, 0.1) is 27.4 Å². The first-order chi connectivity index (χ1) is 13.7. The summed E-state index contributed by atoms with van der Waals surface area (Å²) in [6.45, 7) is 5.52. The smallest absolute Gasteiger partial charge is 0.275 e. The molecule has 3 rings (SSSR count). The predicted octanol–water partition coefficient (Wildman–Crippen LogP) is 4.80. The summed E-state index contributed by atoms with van der Waals surface area (Å²) in [6, 6.07) is 9.76. The maximum atomic E-state index is 12.3. The van der Waals surface area contributed by atoms with Crippen molar-refractivity contribution < 1.29 is 14.5 Å². The molecule has 8 nitrogen and oxygen atoms in total. The van der Waals surface area contributed by atoms with Gasteiger partial charge in [-0.3, -0.25) is 19.6 Å². The van der Waals surface area contributed by atoms with Crippen molar-refractivity contribution in [3.63, 3.8) is 0 Å². The minimum absolute atomic E-state index is 0.0798. The molecule has 0 fully saturated rings. The molecule has 0 atom stereocenters. The average molecular weight is 415 g/mol. The highest BCUT2D eigenvalue weighted by Gasteiger charge is 2.14. The summed E-state index contributed by atoms with van der Waals surface area (Å²) in [4.78, 5) is 23.1. The molecule has 0 radical (unpaired) electrons. The number of aromatic nitrogens is 2. The largest absolute Gasteiger partial charge is 0.457 e. The van der Waals surface area contributed by atoms with Crippen molar-refractivity contribution in [2.24, 2.45) is 0 Å². The standard InChI is InChI=1S/C20H19ClN4O4/c1-12-4-13(2)6-17(5-12)29-18-8-15(7-16(9-18)25(27)28)22-20(26)11-24-10-19(21)14(3)23-24/h4-10H,11H2,1-3H3,(H,22,26). The fourth-order valence-electron chi connectivity index (χ4n) is 2.87. The van der Waals surface area contributed by atoms with Gasteiger partial charge in [0.15, 0.2) is 0 Å². The molecule has 0 aliphatic heterocycles. The summed E-state index contributed by atoms with van der Waals surface area (Å²) in [5, 5.41) is 18.5. The molecule has 0 aliphatic rings. The number of carbonyl (C=O) groups excluding carboxylic acids is 1. The Kier molecular flexibility index (Phi) is 5.84. The zero-order chi connectivity index (χ0) is 21.1. The van der Waals surface area contributed by atoms with Crippen LogP contribution in [0.2, 0.25) is 5.02 Å². The molecule has 0 spiro atoms. The van der Waals surface area contributed by atoms with Gasteiger partial charge in [0.2, 0.25) is 5.91 Å². The number of halogens is 1. The lowest BCUT2D eigenvalue weighted by Gasteiger charge is -2.11. The number of nitrogens with zero attached hydrogens (tertiary/aromatic N) is 3. The van der Waals surface area contributed by atoms with Crippen LogP contribution in [0.3, 0.4) is 0 Å². The van der Waals surface area contributed by atoms with Crippen LogP contribution in [0, 0.1) is 30.9 Å². The van der Waals surface area contributed by atoms with Crippen LogP contribution in [0.15, 0.2) is 42.6 Å². The Morgan fingerprint density at radius 1 is 1.14 bits per heavy atom. The van der Waals surface area contributed by atoms with E-state index in [1.807, 2.05) is 32.0 Å². The molecule has 0 unspecified atom stereocenters. The van der Waals surface area contributed by atoms with Crippen molar-refractivity contribution in [3.05, 3.63) is 74.6 Å². The van der Waals surface area contributed by atoms with Crippen LogP contribution in [0.1, 0.15) is 16.8 Å². The first-order valence-corrected chi connectivity index (χ1v) is 9.12. The van der Waals surface area contributed by atoms with E-state index in [9.17, 15) is 14.9 Å². The number of hydrogen-bond acceptors (Lipinski definition) is 5. The van der Waals surface area contributed by atoms with E-state index in [4.69, 9.17) is 16.3 Å². The van der Waals surface area contributed by atoms with Crippen molar-refractivity contribution in [3.8, 4) is 11.5 Å². The first-order valence-electron chi connectivity index (χ1n) is 8.74. The minimum Gasteiger partial charge on any atom is -0.457 e. The number of carbonyl (C=O) groups is 1. The zero-order valence-electron chi connectivity index (χ0n) is 16.1. The Labute approximate surface area is 172 Å². The molecular formula is C20H19ClN4O4. The Bertz CT molecular complexity index is 1050. The topological polar surface area (TPSA) is 99.3 Å². The number of rotatable bonds is 6. The lowest BCUT2D eigenvalue weighted by Crippen LogP contribution is -2.19. The van der Waals surface area contributed by atoms with Crippen LogP contribution in [0.4, 0.5) is 11.4 Å². The van der Waals surface area contributed by atoms with E-state index in [0.717, 1.165) is 11.1 Å². The van der Waals surface area contributed by atoms with Gasteiger partial charge < -0.3 is 10.1 Å². The fourth-order valence-corrected chi connectivity index (χ4v) is 3.02. The third-order valence-electron chi connectivity index (χ3n) is 4.01. The summed E-state index contributed by atoms with van der Waals surface area (Å²) >= 11 is 5.94. The SMILES string of the molecule is Cc1cc(C)cc(Oc2cc(NC(=O)Cn3cc(Cl)c(C)n3)cc([N+](=O)[O-])c2)c1. The molecule has 1 aromatic heterocycles. The van der Waals surface area contributed by atoms with Gasteiger partial charge >= 0.3 is 0 Å². The van der Waals surface area contributed by atoms with Gasteiger partial charge in [0.1, 0.15) is 18.0 Å². The number of benzene rings is 2. The van der Waals surface area contributed by atoms with Gasteiger partial charge in [0, 0.05) is 18.3 Å². The maximum Gasteiger partial charge on any atom is 0.275 e. The first kappa shape index (κ1) is 20.3. The van der Waals surface area contributed by atoms with E-state index < -0.39 is 10.8 Å². The molecule has 2 aromatic carbocycles. The third kappa shape index (κ3) is 5.32. The molecule has 29 heavy (non-hydrogen) atoms. The second kappa shape index (κ2) is 8.32. The molecule has 9 heteroatoms. The van der Waals surface area contributed by atoms with E-state index in [2.05, 4.69) is 10.4 Å². The van der Waals surface area contributed by atoms with Crippen LogP contribution >= 0.6 is 11.6 Å². The average Bonchev–Trinajstić information content (AvgIpc) is 2.90. The highest BCUT2D eigenvalue weighted by molar-refractivity contribution is 6.31. The van der Waals surface area contributed by atoms with Gasteiger partial charge in [-0.05, 0) is 44.0 Å². The second-order valence-corrected chi connectivity index (χ2v) is 7.11. The van der Waals surface area contributed by atoms with Crippen molar-refractivity contribution in [2.75, 3.05) is 5.32 Å². The van der Waals surface area contributed by atoms with Crippen LogP contribution in [-0.2, 0) is 11.3 Å². The second-order valence-electron chi connectivity index (χ2n) is 6.71. The Morgan fingerprint density at radius 3 is 2.38 bits per heavy atom. The molecule has 0 saturated carbocycles. The van der Waals surface area contributed by atoms with Gasteiger partial charge in [-0.2, -0.15) is 5.10 Å². The molecule has 150 valence electrons. The van der Waals surface area contributed by atoms with E-state index in [1.165, 1.54) is 22.9 Å². The summed E-state index contributed by atoms with van der Waals surface area (Å²) in [5.74, 6) is 0.404. The van der Waals surface area contributed by atoms with Gasteiger partial charge in [0.25, 0.3) is 5.69 Å². The zero-order valence-corrected chi connectivity index (χ0v) is 16.9. The summed E-state index contributed by atoms with van der Waals surface area (Å²) < 4.78 is 7.20. The predicted molar refractivity (Wildman–Crippen MR) is 110 cm³/mol. The van der Waals surface area contributed by atoms with Crippen LogP contribution in [0.5, 0.6) is 11.5 Å². The normalized spacial score (nSPS) is 10.6. The number of hydrogen-bond donors (Lipinski definition) is 1. The monoisotopic (exact) mass is 414 g/mol. The summed E-state index contributed by atoms with van der Waals surface area (Å²) in [7, 11) is 0. The van der Waals surface area contributed by atoms with E-state index in [0.29, 0.717) is 16.5 Å². The molecule has 1 heterocycles. The summed E-state index contributed by atoms with van der Waals surface area (Å²) in [6.07, 6.45) is 1.54. The molecule has 0 saturated heterocycles. The van der Waals surface area contributed by atoms with Crippen LogP contribution < -0.4 is 10.1 Å².